The maximum absolute atomic E-state index is 14.9. The van der Waals surface area contributed by atoms with Gasteiger partial charge in [0, 0.05) is 37.1 Å². The van der Waals surface area contributed by atoms with Crippen LogP contribution in [0.3, 0.4) is 0 Å². The van der Waals surface area contributed by atoms with Crippen molar-refractivity contribution in [3.8, 4) is 11.3 Å². The lowest BCUT2D eigenvalue weighted by Gasteiger charge is -2.36. The molecule has 0 aliphatic rings. The van der Waals surface area contributed by atoms with Gasteiger partial charge in [-0.05, 0) is 81.6 Å². The Morgan fingerprint density at radius 3 is 1.93 bits per heavy atom. The van der Waals surface area contributed by atoms with Gasteiger partial charge in [0.25, 0.3) is 11.8 Å². The van der Waals surface area contributed by atoms with Crippen molar-refractivity contribution < 1.29 is 49.1 Å². The van der Waals surface area contributed by atoms with Crippen molar-refractivity contribution in [3.05, 3.63) is 78.6 Å². The lowest BCUT2D eigenvalue weighted by atomic mass is 9.87. The summed E-state index contributed by atoms with van der Waals surface area (Å²) >= 11 is 2.56. The Kier molecular flexibility index (Phi) is 9.03. The van der Waals surface area contributed by atoms with E-state index in [1.54, 1.807) is 6.07 Å². The lowest BCUT2D eigenvalue weighted by molar-refractivity contribution is -0.389. The van der Waals surface area contributed by atoms with Crippen LogP contribution in [-0.2, 0) is 5.67 Å². The van der Waals surface area contributed by atoms with Crippen LogP contribution in [0, 0.1) is 7.14 Å². The average molecular weight is 801 g/mol. The molecule has 3 rings (SSSR count). The second kappa shape index (κ2) is 11.3. The fraction of sp³-hybridized carbons (Fsp3) is 0.208. The minimum Gasteiger partial charge on any atom is -0.355 e. The van der Waals surface area contributed by atoms with E-state index in [0.29, 0.717) is 5.56 Å². The second-order valence-corrected chi connectivity index (χ2v) is 10.4. The van der Waals surface area contributed by atoms with E-state index in [-0.39, 0.29) is 34.6 Å². The van der Waals surface area contributed by atoms with Gasteiger partial charge in [-0.2, -0.15) is 35.1 Å². The fourth-order valence-corrected chi connectivity index (χ4v) is 5.59. The molecule has 1 atom stereocenters. The number of aromatic nitrogens is 1. The Morgan fingerprint density at radius 2 is 1.40 bits per heavy atom. The molecule has 0 aliphatic heterocycles. The first kappa shape index (κ1) is 31.9. The first-order valence-corrected chi connectivity index (χ1v) is 12.8. The molecule has 5 nitrogen and oxygen atoms in total. The molecule has 2 amide bonds. The molecular weight excluding hydrogens is 787 g/mol. The van der Waals surface area contributed by atoms with Gasteiger partial charge >= 0.3 is 23.9 Å². The number of halogens is 11. The van der Waals surface area contributed by atoms with Crippen LogP contribution in [0.4, 0.5) is 45.2 Å². The highest BCUT2D eigenvalue weighted by molar-refractivity contribution is 14.1. The molecule has 2 N–H and O–H groups in total. The van der Waals surface area contributed by atoms with E-state index in [1.807, 2.05) is 0 Å². The number of benzene rings is 2. The number of nitrogens with one attached hydrogen (secondary N) is 2. The predicted octanol–water partition coefficient (Wildman–Crippen LogP) is 7.49. The summed E-state index contributed by atoms with van der Waals surface area (Å²) in [6.07, 6.45) is -12.1. The van der Waals surface area contributed by atoms with Gasteiger partial charge in [-0.3, -0.25) is 14.6 Å². The summed E-state index contributed by atoms with van der Waals surface area (Å²) in [5.74, 6) is -8.14. The first-order valence-electron chi connectivity index (χ1n) is 10.7. The predicted molar refractivity (Wildman–Crippen MR) is 143 cm³/mol. The van der Waals surface area contributed by atoms with Crippen LogP contribution in [-0.4, -0.2) is 42.1 Å². The highest BCUT2D eigenvalue weighted by atomic mass is 127. The van der Waals surface area contributed by atoms with Crippen molar-refractivity contribution in [1.29, 1.82) is 0 Å². The van der Waals surface area contributed by atoms with Crippen molar-refractivity contribution in [2.45, 2.75) is 23.9 Å². The molecule has 2 aromatic carbocycles. The van der Waals surface area contributed by atoms with Gasteiger partial charge < -0.3 is 10.6 Å². The van der Waals surface area contributed by atoms with Gasteiger partial charge in [-0.15, -0.1) is 0 Å². The zero-order valence-corrected chi connectivity index (χ0v) is 23.9. The van der Waals surface area contributed by atoms with E-state index in [9.17, 15) is 49.1 Å². The second-order valence-electron chi connectivity index (χ2n) is 8.06. The minimum absolute atomic E-state index is 0.0274. The summed E-state index contributed by atoms with van der Waals surface area (Å²) in [6, 6.07) is 9.02. The van der Waals surface area contributed by atoms with Crippen molar-refractivity contribution in [3.63, 3.8) is 0 Å². The Balaban J connectivity index is 2.02. The van der Waals surface area contributed by atoms with Gasteiger partial charge in [0.05, 0.1) is 16.9 Å². The highest BCUT2D eigenvalue weighted by Gasteiger charge is 2.81. The Bertz CT molecular complexity index is 1440. The lowest BCUT2D eigenvalue weighted by Crippen LogP contribution is -2.59. The summed E-state index contributed by atoms with van der Waals surface area (Å²) < 4.78 is 121. The highest BCUT2D eigenvalue weighted by Crippen LogP contribution is 2.58. The van der Waals surface area contributed by atoms with E-state index >= 15 is 0 Å². The zero-order valence-electron chi connectivity index (χ0n) is 19.6. The van der Waals surface area contributed by atoms with Crippen molar-refractivity contribution in [1.82, 2.24) is 10.3 Å². The quantitative estimate of drug-likeness (QED) is 0.201. The topological polar surface area (TPSA) is 71.1 Å². The molecule has 1 heterocycles. The Labute approximate surface area is 247 Å². The van der Waals surface area contributed by atoms with Crippen molar-refractivity contribution >= 4 is 62.7 Å². The molecule has 3 aromatic rings. The van der Waals surface area contributed by atoms with Crippen LogP contribution in [0.2, 0.25) is 0 Å². The number of nitrogens with zero attached hydrogens (tertiary/aromatic N) is 1. The molecule has 0 radical (unpaired) electrons. The van der Waals surface area contributed by atoms with Gasteiger partial charge in [0.2, 0.25) is 0 Å². The van der Waals surface area contributed by atoms with Gasteiger partial charge in [-0.1, -0.05) is 12.1 Å². The monoisotopic (exact) mass is 801 g/mol. The largest absolute Gasteiger partial charge is 0.457 e. The zero-order chi connectivity index (χ0) is 30.3. The third-order valence-electron chi connectivity index (χ3n) is 5.54. The van der Waals surface area contributed by atoms with E-state index in [4.69, 9.17) is 0 Å². The number of hydrogen-bond donors (Lipinski definition) is 2. The Morgan fingerprint density at radius 1 is 0.800 bits per heavy atom. The molecule has 1 aromatic heterocycles. The smallest absolute Gasteiger partial charge is 0.355 e. The number of carbonyl (C=O) groups excluding carboxylic acids is 2. The molecule has 40 heavy (non-hydrogen) atoms. The van der Waals surface area contributed by atoms with Crippen molar-refractivity contribution in [2.24, 2.45) is 0 Å². The van der Waals surface area contributed by atoms with Crippen LogP contribution in [0.1, 0.15) is 26.3 Å². The molecule has 0 bridgehead atoms. The van der Waals surface area contributed by atoms with Crippen LogP contribution in [0.15, 0.2) is 54.7 Å². The minimum atomic E-state index is -6.86. The number of carbonyl (C=O) groups is 2. The third-order valence-corrected chi connectivity index (χ3v) is 7.24. The fourth-order valence-electron chi connectivity index (χ4n) is 3.56. The van der Waals surface area contributed by atoms with Crippen LogP contribution in [0.25, 0.3) is 11.3 Å². The number of alkyl halides is 9. The summed E-state index contributed by atoms with van der Waals surface area (Å²) in [4.78, 5) is 29.3. The van der Waals surface area contributed by atoms with E-state index in [0.717, 1.165) is 0 Å². The molecule has 0 saturated carbocycles. The normalized spacial score (nSPS) is 13.9. The third kappa shape index (κ3) is 5.73. The number of anilines is 1. The molecule has 1 unspecified atom stereocenters. The SMILES string of the molecule is CNC(=O)c1cccnc1-c1cccc(C(=O)Nc2c(I)cc(C(F)(C(F)(F)F)C(F)(F)C(F)(F)F)cc2I)c1. The maximum atomic E-state index is 14.9. The molecular formula is C24H14F9I2N3O2. The number of hydrogen-bond acceptors (Lipinski definition) is 3. The van der Waals surface area contributed by atoms with E-state index in [1.165, 1.54) is 88.8 Å². The standard InChI is InChI=1S/C24H14F9I2N3O2/c1-36-20(40)14-6-3-7-37-17(14)11-4-2-5-12(8-11)19(39)38-18-15(34)9-13(10-16(18)35)21(25,23(28,29)30)22(26,27)24(31,32)33/h2-10H,1H3,(H,36,40)(H,38,39). The first-order chi connectivity index (χ1) is 18.4. The number of amides is 2. The summed E-state index contributed by atoms with van der Waals surface area (Å²) in [5.41, 5.74) is -7.63. The molecule has 0 fully saturated rings. The molecule has 0 aliphatic carbocycles. The van der Waals surface area contributed by atoms with E-state index < -0.39 is 48.5 Å². The van der Waals surface area contributed by atoms with Gasteiger partial charge in [0.1, 0.15) is 0 Å². The van der Waals surface area contributed by atoms with Crippen LogP contribution in [0.5, 0.6) is 0 Å². The summed E-state index contributed by atoms with van der Waals surface area (Å²) in [5, 5.41) is 4.79. The molecule has 0 saturated heterocycles. The summed E-state index contributed by atoms with van der Waals surface area (Å²) in [6.45, 7) is 0. The van der Waals surface area contributed by atoms with Crippen LogP contribution < -0.4 is 10.6 Å². The summed E-state index contributed by atoms with van der Waals surface area (Å²) in [7, 11) is 1.41. The van der Waals surface area contributed by atoms with Crippen LogP contribution >= 0.6 is 45.2 Å². The maximum Gasteiger partial charge on any atom is 0.457 e. The number of pyridine rings is 1. The average Bonchev–Trinajstić information content (AvgIpc) is 2.88. The molecule has 214 valence electrons. The van der Waals surface area contributed by atoms with Crippen molar-refractivity contribution in [2.75, 3.05) is 12.4 Å². The Hall–Kier alpha value is -2.64. The van der Waals surface area contributed by atoms with Gasteiger partial charge in [0.15, 0.2) is 0 Å². The molecule has 16 heteroatoms. The van der Waals surface area contributed by atoms with Gasteiger partial charge in [-0.25, -0.2) is 4.39 Å². The van der Waals surface area contributed by atoms with E-state index in [2.05, 4.69) is 15.6 Å². The number of rotatable bonds is 6. The molecule has 0 spiro atoms.